The summed E-state index contributed by atoms with van der Waals surface area (Å²) in [6.07, 6.45) is 8.30. The van der Waals surface area contributed by atoms with Crippen molar-refractivity contribution in [3.05, 3.63) is 84.0 Å². The summed E-state index contributed by atoms with van der Waals surface area (Å²) >= 11 is 0. The fourth-order valence-corrected chi connectivity index (χ4v) is 3.54. The number of amides is 1. The zero-order chi connectivity index (χ0) is 17.9. The predicted molar refractivity (Wildman–Crippen MR) is 106 cm³/mol. The van der Waals surface area contributed by atoms with E-state index in [0.717, 1.165) is 18.5 Å². The number of benzene rings is 2. The molecule has 3 rings (SSSR count). The van der Waals surface area contributed by atoms with Crippen molar-refractivity contribution in [3.8, 4) is 0 Å². The summed E-state index contributed by atoms with van der Waals surface area (Å²) in [6.45, 7) is 5.87. The van der Waals surface area contributed by atoms with Crippen LogP contribution in [0.15, 0.2) is 72.8 Å². The lowest BCUT2D eigenvalue weighted by molar-refractivity contribution is -0.117. The van der Waals surface area contributed by atoms with E-state index in [1.807, 2.05) is 23.1 Å². The van der Waals surface area contributed by atoms with Gasteiger partial charge in [-0.05, 0) is 43.0 Å². The maximum absolute atomic E-state index is 12.5. The van der Waals surface area contributed by atoms with Crippen molar-refractivity contribution in [2.24, 2.45) is 0 Å². The molecule has 0 spiro atoms. The van der Waals surface area contributed by atoms with Gasteiger partial charge < -0.3 is 4.90 Å². The Hall–Kier alpha value is -2.61. The fraction of sp³-hybridized carbons (Fsp3) is 0.261. The average molecular weight is 331 g/mol. The van der Waals surface area contributed by atoms with Crippen LogP contribution in [-0.4, -0.2) is 11.4 Å². The molecule has 2 aromatic rings. The molecule has 1 unspecified atom stereocenters. The molecule has 2 nitrogen and oxygen atoms in total. The van der Waals surface area contributed by atoms with Gasteiger partial charge in [-0.25, -0.2) is 0 Å². The van der Waals surface area contributed by atoms with E-state index in [4.69, 9.17) is 0 Å². The molecule has 0 fully saturated rings. The maximum Gasteiger partial charge on any atom is 0.224 e. The Morgan fingerprint density at radius 1 is 1.08 bits per heavy atom. The molecule has 0 aliphatic heterocycles. The Kier molecular flexibility index (Phi) is 4.89. The molecule has 0 radical (unpaired) electrons. The first-order valence-corrected chi connectivity index (χ1v) is 8.88. The lowest BCUT2D eigenvalue weighted by atomic mass is 9.82. The molecular formula is C23H25NO. The second-order valence-corrected chi connectivity index (χ2v) is 6.71. The first-order valence-electron chi connectivity index (χ1n) is 8.88. The van der Waals surface area contributed by atoms with Gasteiger partial charge in [0.2, 0.25) is 5.91 Å². The van der Waals surface area contributed by atoms with Crippen LogP contribution >= 0.6 is 0 Å². The van der Waals surface area contributed by atoms with E-state index in [1.165, 1.54) is 16.7 Å². The van der Waals surface area contributed by atoms with Crippen molar-refractivity contribution in [1.82, 2.24) is 0 Å². The molecule has 128 valence electrons. The van der Waals surface area contributed by atoms with Gasteiger partial charge in [0.05, 0.1) is 5.54 Å². The maximum atomic E-state index is 12.5. The van der Waals surface area contributed by atoms with Gasteiger partial charge in [0.25, 0.3) is 0 Å². The van der Waals surface area contributed by atoms with E-state index >= 15 is 0 Å². The lowest BCUT2D eigenvalue weighted by Gasteiger charge is -2.42. The van der Waals surface area contributed by atoms with Gasteiger partial charge in [-0.15, -0.1) is 0 Å². The summed E-state index contributed by atoms with van der Waals surface area (Å²) in [4.78, 5) is 14.5. The molecule has 2 heteroatoms. The van der Waals surface area contributed by atoms with Crippen LogP contribution in [-0.2, 0) is 4.79 Å². The molecule has 1 atom stereocenters. The van der Waals surface area contributed by atoms with Crippen molar-refractivity contribution in [3.63, 3.8) is 0 Å². The topological polar surface area (TPSA) is 20.3 Å². The van der Waals surface area contributed by atoms with Gasteiger partial charge in [-0.1, -0.05) is 73.2 Å². The van der Waals surface area contributed by atoms with E-state index < -0.39 is 0 Å². The number of rotatable bonds is 4. The summed E-state index contributed by atoms with van der Waals surface area (Å²) in [6, 6.07) is 18.6. The second-order valence-electron chi connectivity index (χ2n) is 6.71. The van der Waals surface area contributed by atoms with Crippen LogP contribution in [0.2, 0.25) is 0 Å². The third kappa shape index (κ3) is 3.43. The minimum atomic E-state index is -0.306. The Morgan fingerprint density at radius 2 is 1.76 bits per heavy atom. The van der Waals surface area contributed by atoms with Gasteiger partial charge in [-0.3, -0.25) is 4.79 Å². The summed E-state index contributed by atoms with van der Waals surface area (Å²) in [7, 11) is 0. The van der Waals surface area contributed by atoms with Crippen molar-refractivity contribution in [1.29, 1.82) is 0 Å². The molecule has 0 N–H and O–H groups in total. The van der Waals surface area contributed by atoms with Gasteiger partial charge in [-0.2, -0.15) is 0 Å². The minimum Gasteiger partial charge on any atom is -0.303 e. The van der Waals surface area contributed by atoms with Crippen molar-refractivity contribution < 1.29 is 4.79 Å². The number of carbonyl (C=O) groups excluding carboxylic acids is 1. The Bertz CT molecular complexity index is 802. The van der Waals surface area contributed by atoms with E-state index in [-0.39, 0.29) is 11.4 Å². The molecule has 0 aromatic heterocycles. The molecule has 1 amide bonds. The van der Waals surface area contributed by atoms with Crippen molar-refractivity contribution in [2.75, 3.05) is 4.90 Å². The standard InChI is InChI=1S/C23H25NO/c1-4-23(24(19(3)25)22-12-10-18(2)11-13-22)16-14-21(15-17-23)20-8-6-5-7-9-20/h5-16H,4,17H2,1-3H3. The van der Waals surface area contributed by atoms with E-state index in [2.05, 4.69) is 68.5 Å². The number of hydrogen-bond acceptors (Lipinski definition) is 1. The largest absolute Gasteiger partial charge is 0.303 e. The van der Waals surface area contributed by atoms with Gasteiger partial charge in [0.1, 0.15) is 0 Å². The Labute approximate surface area is 150 Å². The van der Waals surface area contributed by atoms with Crippen LogP contribution in [0.5, 0.6) is 0 Å². The minimum absolute atomic E-state index is 0.0758. The zero-order valence-corrected chi connectivity index (χ0v) is 15.2. The molecule has 0 bridgehead atoms. The zero-order valence-electron chi connectivity index (χ0n) is 15.2. The molecule has 2 aromatic carbocycles. The Morgan fingerprint density at radius 3 is 2.28 bits per heavy atom. The monoisotopic (exact) mass is 331 g/mol. The first-order chi connectivity index (χ1) is 12.1. The summed E-state index contributed by atoms with van der Waals surface area (Å²) < 4.78 is 0. The highest BCUT2D eigenvalue weighted by atomic mass is 16.2. The molecule has 0 saturated heterocycles. The quantitative estimate of drug-likeness (QED) is 0.720. The van der Waals surface area contributed by atoms with E-state index in [1.54, 1.807) is 6.92 Å². The van der Waals surface area contributed by atoms with E-state index in [0.29, 0.717) is 0 Å². The molecule has 25 heavy (non-hydrogen) atoms. The number of hydrogen-bond donors (Lipinski definition) is 0. The van der Waals surface area contributed by atoms with Gasteiger partial charge in [0, 0.05) is 12.6 Å². The summed E-state index contributed by atoms with van der Waals surface area (Å²) in [5.74, 6) is 0.0758. The second kappa shape index (κ2) is 7.10. The molecular weight excluding hydrogens is 306 g/mol. The average Bonchev–Trinajstić information content (AvgIpc) is 2.64. The predicted octanol–water partition coefficient (Wildman–Crippen LogP) is 5.54. The van der Waals surface area contributed by atoms with Crippen LogP contribution < -0.4 is 4.90 Å². The normalized spacial score (nSPS) is 19.4. The van der Waals surface area contributed by atoms with Crippen LogP contribution in [0.1, 0.15) is 37.8 Å². The summed E-state index contributed by atoms with van der Waals surface area (Å²) in [5, 5.41) is 0. The first kappa shape index (κ1) is 17.2. The molecule has 0 saturated carbocycles. The molecule has 1 aliphatic carbocycles. The van der Waals surface area contributed by atoms with Crippen LogP contribution in [0, 0.1) is 6.92 Å². The van der Waals surface area contributed by atoms with Gasteiger partial charge >= 0.3 is 0 Å². The third-order valence-corrected chi connectivity index (χ3v) is 5.02. The highest BCUT2D eigenvalue weighted by Crippen LogP contribution is 2.37. The number of carbonyl (C=O) groups is 1. The highest BCUT2D eigenvalue weighted by Gasteiger charge is 2.36. The van der Waals surface area contributed by atoms with Crippen LogP contribution in [0.4, 0.5) is 5.69 Å². The van der Waals surface area contributed by atoms with Crippen LogP contribution in [0.25, 0.3) is 5.57 Å². The number of nitrogens with zero attached hydrogens (tertiary/aromatic N) is 1. The lowest BCUT2D eigenvalue weighted by Crippen LogP contribution is -2.50. The van der Waals surface area contributed by atoms with Gasteiger partial charge in [0.15, 0.2) is 0 Å². The van der Waals surface area contributed by atoms with Crippen molar-refractivity contribution in [2.45, 2.75) is 39.2 Å². The van der Waals surface area contributed by atoms with E-state index in [9.17, 15) is 4.79 Å². The van der Waals surface area contributed by atoms with Crippen LogP contribution in [0.3, 0.4) is 0 Å². The molecule has 0 heterocycles. The number of aryl methyl sites for hydroxylation is 1. The number of allylic oxidation sites excluding steroid dienone is 2. The van der Waals surface area contributed by atoms with Crippen molar-refractivity contribution >= 4 is 17.2 Å². The highest BCUT2D eigenvalue weighted by molar-refractivity contribution is 5.94. The summed E-state index contributed by atoms with van der Waals surface area (Å²) in [5.41, 5.74) is 4.29. The molecule has 1 aliphatic rings. The number of anilines is 1. The Balaban J connectivity index is 1.95. The fourth-order valence-electron chi connectivity index (χ4n) is 3.54. The smallest absolute Gasteiger partial charge is 0.224 e. The third-order valence-electron chi connectivity index (χ3n) is 5.02. The SMILES string of the molecule is CCC1(N(C(C)=O)c2ccc(C)cc2)C=CC(c2ccccc2)=CC1.